The molecule has 1 aromatic carbocycles. The molecular formula is C17H26BNO2S. The molecule has 0 bridgehead atoms. The molecule has 3 rings (SSSR count). The third-order valence-electron chi connectivity index (χ3n) is 5.04. The SMILES string of the molecule is CSc1ccc(NCC2CC2)c(B2OC(C)(C)C(C)(C)O2)c1. The van der Waals surface area contributed by atoms with Crippen molar-refractivity contribution in [1.82, 2.24) is 0 Å². The zero-order valence-corrected chi connectivity index (χ0v) is 15.0. The van der Waals surface area contributed by atoms with E-state index in [0.717, 1.165) is 23.6 Å². The van der Waals surface area contributed by atoms with Gasteiger partial charge in [-0.2, -0.15) is 0 Å². The molecule has 1 aliphatic carbocycles. The van der Waals surface area contributed by atoms with Gasteiger partial charge in [0, 0.05) is 22.6 Å². The Balaban J connectivity index is 1.86. The Hall–Kier alpha value is -0.645. The number of thioether (sulfide) groups is 1. The minimum Gasteiger partial charge on any atom is -0.399 e. The van der Waals surface area contributed by atoms with Crippen LogP contribution in [0.5, 0.6) is 0 Å². The Morgan fingerprint density at radius 3 is 2.36 bits per heavy atom. The van der Waals surface area contributed by atoms with E-state index in [0.29, 0.717) is 0 Å². The van der Waals surface area contributed by atoms with Gasteiger partial charge in [-0.1, -0.05) is 0 Å². The monoisotopic (exact) mass is 319 g/mol. The van der Waals surface area contributed by atoms with Crippen LogP contribution in [0.4, 0.5) is 5.69 Å². The third-order valence-corrected chi connectivity index (χ3v) is 5.77. The van der Waals surface area contributed by atoms with Crippen LogP contribution in [0.2, 0.25) is 0 Å². The highest BCUT2D eigenvalue weighted by molar-refractivity contribution is 7.98. The van der Waals surface area contributed by atoms with Crippen molar-refractivity contribution < 1.29 is 9.31 Å². The summed E-state index contributed by atoms with van der Waals surface area (Å²) in [4.78, 5) is 1.24. The summed E-state index contributed by atoms with van der Waals surface area (Å²) >= 11 is 1.75. The van der Waals surface area contributed by atoms with Gasteiger partial charge in [0.15, 0.2) is 0 Å². The van der Waals surface area contributed by atoms with Crippen LogP contribution in [0.15, 0.2) is 23.1 Å². The van der Waals surface area contributed by atoms with Crippen LogP contribution in [0.1, 0.15) is 40.5 Å². The van der Waals surface area contributed by atoms with Gasteiger partial charge in [0.2, 0.25) is 0 Å². The second-order valence-electron chi connectivity index (χ2n) is 7.37. The van der Waals surface area contributed by atoms with Crippen molar-refractivity contribution in [3.05, 3.63) is 18.2 Å². The molecule has 1 N–H and O–H groups in total. The summed E-state index contributed by atoms with van der Waals surface area (Å²) in [6.07, 6.45) is 4.80. The average molecular weight is 319 g/mol. The Bertz CT molecular complexity index is 542. The second-order valence-corrected chi connectivity index (χ2v) is 8.25. The largest absolute Gasteiger partial charge is 0.497 e. The summed E-state index contributed by atoms with van der Waals surface area (Å²) in [5.74, 6) is 0.839. The molecule has 1 saturated heterocycles. The van der Waals surface area contributed by atoms with E-state index in [9.17, 15) is 0 Å². The van der Waals surface area contributed by atoms with Crippen molar-refractivity contribution in [2.45, 2.75) is 56.6 Å². The van der Waals surface area contributed by atoms with Crippen LogP contribution in [0.3, 0.4) is 0 Å². The Morgan fingerprint density at radius 2 is 1.82 bits per heavy atom. The number of benzene rings is 1. The topological polar surface area (TPSA) is 30.5 Å². The molecule has 1 aromatic rings. The van der Waals surface area contributed by atoms with E-state index in [1.807, 2.05) is 0 Å². The van der Waals surface area contributed by atoms with Gasteiger partial charge < -0.3 is 14.6 Å². The third kappa shape index (κ3) is 3.17. The van der Waals surface area contributed by atoms with Crippen LogP contribution < -0.4 is 10.8 Å². The summed E-state index contributed by atoms with van der Waals surface area (Å²) < 4.78 is 12.5. The van der Waals surface area contributed by atoms with E-state index in [-0.39, 0.29) is 18.3 Å². The lowest BCUT2D eigenvalue weighted by Gasteiger charge is -2.32. The summed E-state index contributed by atoms with van der Waals surface area (Å²) in [6, 6.07) is 6.52. The molecule has 2 fully saturated rings. The van der Waals surface area contributed by atoms with Gasteiger partial charge in [-0.25, -0.2) is 0 Å². The lowest BCUT2D eigenvalue weighted by Crippen LogP contribution is -2.41. The lowest BCUT2D eigenvalue weighted by atomic mass is 9.77. The van der Waals surface area contributed by atoms with Crippen molar-refractivity contribution in [2.24, 2.45) is 5.92 Å². The molecule has 22 heavy (non-hydrogen) atoms. The molecule has 1 saturated carbocycles. The maximum atomic E-state index is 6.24. The van der Waals surface area contributed by atoms with Gasteiger partial charge in [-0.05, 0) is 70.9 Å². The molecule has 5 heteroatoms. The fraction of sp³-hybridized carbons (Fsp3) is 0.647. The molecule has 0 aromatic heterocycles. The Labute approximate surface area is 138 Å². The van der Waals surface area contributed by atoms with E-state index in [2.05, 4.69) is 57.5 Å². The summed E-state index contributed by atoms with van der Waals surface area (Å²) in [5.41, 5.74) is 1.65. The van der Waals surface area contributed by atoms with Gasteiger partial charge in [0.25, 0.3) is 0 Å². The molecule has 3 nitrogen and oxygen atoms in total. The molecule has 120 valence electrons. The highest BCUT2D eigenvalue weighted by Crippen LogP contribution is 2.37. The summed E-state index contributed by atoms with van der Waals surface area (Å²) in [7, 11) is -0.307. The summed E-state index contributed by atoms with van der Waals surface area (Å²) in [6.45, 7) is 9.45. The first-order valence-electron chi connectivity index (χ1n) is 8.10. The molecular weight excluding hydrogens is 293 g/mol. The molecule has 0 atom stereocenters. The Kier molecular flexibility index (Phi) is 4.25. The highest BCUT2D eigenvalue weighted by Gasteiger charge is 2.52. The van der Waals surface area contributed by atoms with E-state index in [1.54, 1.807) is 11.8 Å². The van der Waals surface area contributed by atoms with Crippen molar-refractivity contribution in [3.63, 3.8) is 0 Å². The van der Waals surface area contributed by atoms with Crippen LogP contribution in [0.25, 0.3) is 0 Å². The lowest BCUT2D eigenvalue weighted by molar-refractivity contribution is 0.00578. The van der Waals surface area contributed by atoms with Gasteiger partial charge >= 0.3 is 7.12 Å². The smallest absolute Gasteiger partial charge is 0.399 e. The van der Waals surface area contributed by atoms with E-state index >= 15 is 0 Å². The second kappa shape index (κ2) is 5.77. The first-order valence-corrected chi connectivity index (χ1v) is 9.32. The molecule has 2 aliphatic rings. The molecule has 1 aliphatic heterocycles. The van der Waals surface area contributed by atoms with Gasteiger partial charge in [0.05, 0.1) is 11.2 Å². The molecule has 0 amide bonds. The number of rotatable bonds is 5. The zero-order valence-electron chi connectivity index (χ0n) is 14.2. The number of hydrogen-bond donors (Lipinski definition) is 1. The van der Waals surface area contributed by atoms with Gasteiger partial charge in [0.1, 0.15) is 0 Å². The van der Waals surface area contributed by atoms with Gasteiger partial charge in [-0.3, -0.25) is 0 Å². The molecule has 0 spiro atoms. The van der Waals surface area contributed by atoms with Crippen molar-refractivity contribution in [2.75, 3.05) is 18.1 Å². The molecule has 0 unspecified atom stereocenters. The van der Waals surface area contributed by atoms with Crippen molar-refractivity contribution in [3.8, 4) is 0 Å². The maximum Gasteiger partial charge on any atom is 0.497 e. The van der Waals surface area contributed by atoms with Crippen LogP contribution >= 0.6 is 11.8 Å². The first kappa shape index (κ1) is 16.2. The van der Waals surface area contributed by atoms with Crippen LogP contribution in [-0.4, -0.2) is 31.1 Å². The van der Waals surface area contributed by atoms with Crippen molar-refractivity contribution in [1.29, 1.82) is 0 Å². The maximum absolute atomic E-state index is 6.24. The first-order chi connectivity index (χ1) is 10.3. The van der Waals surface area contributed by atoms with E-state index in [4.69, 9.17) is 9.31 Å². The highest BCUT2D eigenvalue weighted by atomic mass is 32.2. The molecule has 1 heterocycles. The van der Waals surface area contributed by atoms with E-state index in [1.165, 1.54) is 17.7 Å². The predicted octanol–water partition coefficient (Wildman–Crippen LogP) is 3.53. The van der Waals surface area contributed by atoms with Crippen molar-refractivity contribution >= 4 is 30.0 Å². The van der Waals surface area contributed by atoms with Crippen LogP contribution in [0, 0.1) is 5.92 Å². The predicted molar refractivity (Wildman–Crippen MR) is 95.2 cm³/mol. The van der Waals surface area contributed by atoms with Crippen LogP contribution in [-0.2, 0) is 9.31 Å². The minimum atomic E-state index is -0.307. The number of hydrogen-bond acceptors (Lipinski definition) is 4. The normalized spacial score (nSPS) is 22.9. The average Bonchev–Trinajstić information content (AvgIpc) is 3.24. The quantitative estimate of drug-likeness (QED) is 0.664. The van der Waals surface area contributed by atoms with E-state index < -0.39 is 0 Å². The minimum absolute atomic E-state index is 0.305. The molecule has 0 radical (unpaired) electrons. The summed E-state index contributed by atoms with van der Waals surface area (Å²) in [5, 5.41) is 3.59. The standard InChI is InChI=1S/C17H26BNO2S/c1-16(2)17(3,4)21-18(20-16)14-10-13(22-5)8-9-15(14)19-11-12-6-7-12/h8-10,12,19H,6-7,11H2,1-5H3. The fourth-order valence-corrected chi connectivity index (χ4v) is 3.02. The fourth-order valence-electron chi connectivity index (χ4n) is 2.57. The van der Waals surface area contributed by atoms with Gasteiger partial charge in [-0.15, -0.1) is 11.8 Å². The number of nitrogens with one attached hydrogen (secondary N) is 1. The Morgan fingerprint density at radius 1 is 1.18 bits per heavy atom. The number of anilines is 1. The zero-order chi connectivity index (χ0) is 16.0.